The van der Waals surface area contributed by atoms with E-state index in [4.69, 9.17) is 4.74 Å². The van der Waals surface area contributed by atoms with Gasteiger partial charge in [-0.3, -0.25) is 0 Å². The first-order chi connectivity index (χ1) is 31.0. The molecule has 2 aromatic rings. The normalized spacial score (nSPS) is 12.2. The van der Waals surface area contributed by atoms with E-state index in [1.54, 1.807) is 18.4 Å². The SMILES string of the molecule is CCCCCCCCCCCCCCCCCCC(OC=Cc1ccccc1C=CC(=O)O)=C(CCCCCCCCCCCCCCCCCC)c1ccccc1C=CC(=O)O. The Bertz CT molecular complexity index is 1560. The maximum absolute atomic E-state index is 11.6. The fourth-order valence-electron chi connectivity index (χ4n) is 8.63. The lowest BCUT2D eigenvalue weighted by molar-refractivity contribution is -0.132. The summed E-state index contributed by atoms with van der Waals surface area (Å²) in [4.78, 5) is 22.9. The number of aliphatic carboxylic acids is 2. The van der Waals surface area contributed by atoms with Crippen LogP contribution in [0.2, 0.25) is 0 Å². The fourth-order valence-corrected chi connectivity index (χ4v) is 8.63. The molecule has 0 heterocycles. The van der Waals surface area contributed by atoms with Gasteiger partial charge in [0.25, 0.3) is 0 Å². The van der Waals surface area contributed by atoms with Crippen LogP contribution >= 0.6 is 0 Å². The Morgan fingerprint density at radius 3 is 1.13 bits per heavy atom. The molecule has 352 valence electrons. The van der Waals surface area contributed by atoms with Crippen LogP contribution in [0.5, 0.6) is 0 Å². The highest BCUT2D eigenvalue weighted by atomic mass is 16.5. The Morgan fingerprint density at radius 1 is 0.413 bits per heavy atom. The summed E-state index contributed by atoms with van der Waals surface area (Å²) < 4.78 is 6.65. The van der Waals surface area contributed by atoms with Crippen LogP contribution in [-0.2, 0) is 14.3 Å². The molecule has 0 aliphatic rings. The van der Waals surface area contributed by atoms with Crippen molar-refractivity contribution in [1.82, 2.24) is 0 Å². The van der Waals surface area contributed by atoms with Gasteiger partial charge < -0.3 is 14.9 Å². The van der Waals surface area contributed by atoms with E-state index in [0.717, 1.165) is 78.2 Å². The average molecular weight is 867 g/mol. The first kappa shape index (κ1) is 55.3. The second kappa shape index (κ2) is 39.7. The van der Waals surface area contributed by atoms with Gasteiger partial charge in [0.05, 0.1) is 6.26 Å². The quantitative estimate of drug-likeness (QED) is 0.0394. The first-order valence-electron chi connectivity index (χ1n) is 26.0. The molecule has 5 heteroatoms. The lowest BCUT2D eigenvalue weighted by Gasteiger charge is -2.18. The van der Waals surface area contributed by atoms with Gasteiger partial charge in [-0.2, -0.15) is 0 Å². The third-order valence-corrected chi connectivity index (χ3v) is 12.4. The molecular weight excluding hydrogens is 777 g/mol. The molecule has 63 heavy (non-hydrogen) atoms. The van der Waals surface area contributed by atoms with Crippen LogP contribution in [0.3, 0.4) is 0 Å². The van der Waals surface area contributed by atoms with Gasteiger partial charge >= 0.3 is 11.9 Å². The number of carboxylic acid groups (broad SMARTS) is 2. The summed E-state index contributed by atoms with van der Waals surface area (Å²) in [5.74, 6) is -1.01. The highest BCUT2D eigenvalue weighted by Crippen LogP contribution is 2.33. The van der Waals surface area contributed by atoms with Crippen molar-refractivity contribution in [2.75, 3.05) is 0 Å². The molecule has 0 unspecified atom stereocenters. The van der Waals surface area contributed by atoms with Gasteiger partial charge in [0, 0.05) is 18.6 Å². The van der Waals surface area contributed by atoms with E-state index in [0.29, 0.717) is 0 Å². The molecule has 0 saturated carbocycles. The summed E-state index contributed by atoms with van der Waals surface area (Å²) in [6.07, 6.45) is 53.4. The topological polar surface area (TPSA) is 83.8 Å². The number of carboxylic acids is 2. The standard InChI is InChI=1S/C58H90O5/c1-3-5-7-9-11-13-15-17-19-21-23-25-27-29-31-33-43-55(54-42-38-37-41-53(54)46-48-58(61)62)56(63-50-49-52-40-36-35-39-51(52)45-47-57(59)60)44-34-32-30-28-26-24-22-20-18-16-14-12-10-8-6-4-2/h35-42,45-50H,3-34,43-44H2,1-2H3,(H,59,60)(H,61,62). The lowest BCUT2D eigenvalue weighted by atomic mass is 9.92. The molecular formula is C58H90O5. The molecule has 0 aliphatic carbocycles. The Kier molecular flexibility index (Phi) is 34.8. The Balaban J connectivity index is 2.06. The van der Waals surface area contributed by atoms with E-state index < -0.39 is 11.9 Å². The largest absolute Gasteiger partial charge is 0.478 e. The number of rotatable bonds is 42. The Hall–Kier alpha value is -3.86. The molecule has 0 radical (unpaired) electrons. The van der Waals surface area contributed by atoms with Crippen molar-refractivity contribution >= 4 is 35.7 Å². The highest BCUT2D eigenvalue weighted by Gasteiger charge is 2.14. The lowest BCUT2D eigenvalue weighted by Crippen LogP contribution is -1.99. The van der Waals surface area contributed by atoms with Crippen molar-refractivity contribution in [3.8, 4) is 0 Å². The van der Waals surface area contributed by atoms with Crippen LogP contribution in [0.15, 0.2) is 72.7 Å². The van der Waals surface area contributed by atoms with Crippen LogP contribution in [0.1, 0.15) is 254 Å². The first-order valence-corrected chi connectivity index (χ1v) is 26.0. The minimum atomic E-state index is -0.983. The van der Waals surface area contributed by atoms with E-state index in [2.05, 4.69) is 19.9 Å². The van der Waals surface area contributed by atoms with E-state index in [9.17, 15) is 19.8 Å². The van der Waals surface area contributed by atoms with Gasteiger partial charge in [-0.25, -0.2) is 9.59 Å². The van der Waals surface area contributed by atoms with E-state index in [1.807, 2.05) is 48.5 Å². The van der Waals surface area contributed by atoms with Gasteiger partial charge in [0.2, 0.25) is 0 Å². The minimum Gasteiger partial charge on any atom is -0.478 e. The fraction of sp³-hybridized carbons (Fsp3) is 0.621. The number of hydrogen-bond donors (Lipinski definition) is 2. The molecule has 0 aromatic heterocycles. The van der Waals surface area contributed by atoms with Crippen molar-refractivity contribution in [3.05, 3.63) is 95.0 Å². The molecule has 0 spiro atoms. The second-order valence-corrected chi connectivity index (χ2v) is 18.0. The van der Waals surface area contributed by atoms with Gasteiger partial charge in [-0.15, -0.1) is 0 Å². The van der Waals surface area contributed by atoms with Crippen LogP contribution < -0.4 is 0 Å². The predicted octanol–water partition coefficient (Wildman–Crippen LogP) is 18.6. The van der Waals surface area contributed by atoms with Crippen molar-refractivity contribution in [2.24, 2.45) is 0 Å². The monoisotopic (exact) mass is 867 g/mol. The maximum Gasteiger partial charge on any atom is 0.328 e. The maximum atomic E-state index is 11.6. The molecule has 0 amide bonds. The number of carbonyl (C=O) groups is 2. The molecule has 5 nitrogen and oxygen atoms in total. The second-order valence-electron chi connectivity index (χ2n) is 18.0. The molecule has 2 N–H and O–H groups in total. The van der Waals surface area contributed by atoms with Crippen molar-refractivity contribution in [3.63, 3.8) is 0 Å². The van der Waals surface area contributed by atoms with E-state index in [-0.39, 0.29) is 0 Å². The van der Waals surface area contributed by atoms with E-state index >= 15 is 0 Å². The van der Waals surface area contributed by atoms with Crippen molar-refractivity contribution < 1.29 is 24.5 Å². The van der Waals surface area contributed by atoms with E-state index in [1.165, 1.54) is 186 Å². The molecule has 0 atom stereocenters. The number of benzene rings is 2. The summed E-state index contributed by atoms with van der Waals surface area (Å²) in [7, 11) is 0. The summed E-state index contributed by atoms with van der Waals surface area (Å²) in [6, 6.07) is 15.8. The average Bonchev–Trinajstić information content (AvgIpc) is 3.28. The van der Waals surface area contributed by atoms with Crippen molar-refractivity contribution in [1.29, 1.82) is 0 Å². The molecule has 2 aromatic carbocycles. The zero-order valence-corrected chi connectivity index (χ0v) is 40.2. The summed E-state index contributed by atoms with van der Waals surface area (Å²) in [6.45, 7) is 4.57. The minimum absolute atomic E-state index is 0.800. The summed E-state index contributed by atoms with van der Waals surface area (Å²) >= 11 is 0. The van der Waals surface area contributed by atoms with Gasteiger partial charge in [0.1, 0.15) is 5.76 Å². The molecule has 0 bridgehead atoms. The summed E-state index contributed by atoms with van der Waals surface area (Å²) in [5, 5.41) is 18.8. The number of unbranched alkanes of at least 4 members (excludes halogenated alkanes) is 30. The number of hydrogen-bond acceptors (Lipinski definition) is 3. The number of ether oxygens (including phenoxy) is 1. The highest BCUT2D eigenvalue weighted by molar-refractivity contribution is 5.87. The zero-order valence-electron chi connectivity index (χ0n) is 40.2. The van der Waals surface area contributed by atoms with Crippen LogP contribution in [0, 0.1) is 0 Å². The van der Waals surface area contributed by atoms with Gasteiger partial charge in [-0.05, 0) is 65.3 Å². The van der Waals surface area contributed by atoms with Crippen LogP contribution in [0.4, 0.5) is 0 Å². The van der Waals surface area contributed by atoms with Gasteiger partial charge in [0.15, 0.2) is 0 Å². The molecule has 0 aliphatic heterocycles. The third kappa shape index (κ3) is 30.0. The summed E-state index contributed by atoms with van der Waals surface area (Å²) in [5.41, 5.74) is 4.74. The predicted molar refractivity (Wildman–Crippen MR) is 272 cm³/mol. The van der Waals surface area contributed by atoms with Crippen LogP contribution in [-0.4, -0.2) is 22.2 Å². The Morgan fingerprint density at radius 2 is 0.730 bits per heavy atom. The van der Waals surface area contributed by atoms with Gasteiger partial charge in [-0.1, -0.05) is 255 Å². The zero-order chi connectivity index (χ0) is 45.3. The smallest absolute Gasteiger partial charge is 0.328 e. The molecule has 0 fully saturated rings. The van der Waals surface area contributed by atoms with Crippen LogP contribution in [0.25, 0.3) is 23.8 Å². The van der Waals surface area contributed by atoms with Crippen molar-refractivity contribution in [2.45, 2.75) is 232 Å². The molecule has 2 rings (SSSR count). The third-order valence-electron chi connectivity index (χ3n) is 12.4. The number of allylic oxidation sites excluding steroid dienone is 2. The molecule has 0 saturated heterocycles. The Labute approximate surface area is 386 Å².